The summed E-state index contributed by atoms with van der Waals surface area (Å²) < 4.78 is 20.4. The zero-order valence-corrected chi connectivity index (χ0v) is 18.1. The molecule has 1 N–H and O–H groups in total. The second-order valence-corrected chi connectivity index (χ2v) is 8.81. The van der Waals surface area contributed by atoms with E-state index in [4.69, 9.17) is 4.74 Å². The van der Waals surface area contributed by atoms with Gasteiger partial charge in [0.2, 0.25) is 5.91 Å². The number of nitriles is 1. The van der Waals surface area contributed by atoms with Crippen LogP contribution in [0.5, 0.6) is 5.75 Å². The van der Waals surface area contributed by atoms with Gasteiger partial charge in [-0.05, 0) is 61.3 Å². The van der Waals surface area contributed by atoms with Crippen LogP contribution in [0.1, 0.15) is 29.5 Å². The average Bonchev–Trinajstić information content (AvgIpc) is 3.22. The topological polar surface area (TPSA) is 68.6 Å². The number of amides is 1. The largest absolute Gasteiger partial charge is 0.492 e. The molecular weight excluding hydrogens is 407 g/mol. The molecular formula is C25H25FN4O2. The van der Waals surface area contributed by atoms with Crippen LogP contribution in [0.15, 0.2) is 42.6 Å². The van der Waals surface area contributed by atoms with Crippen LogP contribution in [0.25, 0.3) is 0 Å². The summed E-state index contributed by atoms with van der Waals surface area (Å²) in [5, 5.41) is 12.2. The highest BCUT2D eigenvalue weighted by molar-refractivity contribution is 6.06. The Morgan fingerprint density at radius 2 is 2.06 bits per heavy atom. The van der Waals surface area contributed by atoms with Crippen LogP contribution in [-0.4, -0.2) is 44.1 Å². The van der Waals surface area contributed by atoms with E-state index in [9.17, 15) is 14.4 Å². The average molecular weight is 432 g/mol. The maximum absolute atomic E-state index is 14.5. The van der Waals surface area contributed by atoms with Gasteiger partial charge in [0, 0.05) is 37.5 Å². The van der Waals surface area contributed by atoms with Crippen LogP contribution in [0.3, 0.4) is 0 Å². The van der Waals surface area contributed by atoms with Crippen molar-refractivity contribution >= 4 is 17.3 Å². The van der Waals surface area contributed by atoms with E-state index in [1.807, 2.05) is 25.2 Å². The van der Waals surface area contributed by atoms with Gasteiger partial charge in [-0.3, -0.25) is 9.69 Å². The van der Waals surface area contributed by atoms with Gasteiger partial charge < -0.3 is 15.0 Å². The minimum Gasteiger partial charge on any atom is -0.492 e. The minimum atomic E-state index is -0.558. The number of anilines is 2. The summed E-state index contributed by atoms with van der Waals surface area (Å²) in [7, 11) is 1.82. The SMILES string of the molecule is C=C1Cc2cc(OCCN3CCC4(CC3)C(=O)Nc3ccc(C#N)cc34)cc(F)c2N1C. The summed E-state index contributed by atoms with van der Waals surface area (Å²) in [6.45, 7) is 6.64. The van der Waals surface area contributed by atoms with E-state index in [0.29, 0.717) is 49.4 Å². The Bertz CT molecular complexity index is 1160. The van der Waals surface area contributed by atoms with Crippen LogP contribution in [0, 0.1) is 17.1 Å². The fraction of sp³-hybridized carbons (Fsp3) is 0.360. The van der Waals surface area contributed by atoms with Gasteiger partial charge in [0.15, 0.2) is 5.82 Å². The number of likely N-dealkylation sites (tertiary alicyclic amines) is 1. The highest BCUT2D eigenvalue weighted by Crippen LogP contribution is 2.45. The first-order valence-corrected chi connectivity index (χ1v) is 10.9. The number of fused-ring (bicyclic) bond motifs is 3. The summed E-state index contributed by atoms with van der Waals surface area (Å²) in [5.74, 6) is 0.269. The zero-order valence-electron chi connectivity index (χ0n) is 18.1. The Balaban J connectivity index is 1.20. The summed E-state index contributed by atoms with van der Waals surface area (Å²) >= 11 is 0. The lowest BCUT2D eigenvalue weighted by atomic mass is 9.73. The molecule has 32 heavy (non-hydrogen) atoms. The van der Waals surface area contributed by atoms with Gasteiger partial charge in [0.05, 0.1) is 22.7 Å². The third-order valence-corrected chi connectivity index (χ3v) is 7.05. The molecule has 7 heteroatoms. The number of hydrogen-bond donors (Lipinski definition) is 1. The zero-order chi connectivity index (χ0) is 22.5. The quantitative estimate of drug-likeness (QED) is 0.800. The Morgan fingerprint density at radius 3 is 2.81 bits per heavy atom. The monoisotopic (exact) mass is 432 g/mol. The molecule has 1 amide bonds. The second kappa shape index (κ2) is 7.64. The summed E-state index contributed by atoms with van der Waals surface area (Å²) in [5.41, 5.74) is 4.13. The Hall–Kier alpha value is -3.37. The lowest BCUT2D eigenvalue weighted by molar-refractivity contribution is -0.122. The number of carbonyl (C=O) groups excluding carboxylic acids is 1. The number of ether oxygens (including phenoxy) is 1. The Labute approximate surface area is 186 Å². The first kappa shape index (κ1) is 20.5. The number of nitrogens with zero attached hydrogens (tertiary/aromatic N) is 3. The molecule has 0 aliphatic carbocycles. The van der Waals surface area contributed by atoms with E-state index in [0.717, 1.165) is 35.6 Å². The van der Waals surface area contributed by atoms with E-state index < -0.39 is 5.41 Å². The first-order valence-electron chi connectivity index (χ1n) is 10.9. The van der Waals surface area contributed by atoms with Crippen molar-refractivity contribution < 1.29 is 13.9 Å². The normalized spacial score (nSPS) is 19.0. The van der Waals surface area contributed by atoms with Crippen molar-refractivity contribution in [3.05, 3.63) is 65.1 Å². The number of carbonyl (C=O) groups is 1. The number of nitrogens with one attached hydrogen (secondary N) is 1. The fourth-order valence-electron chi connectivity index (χ4n) is 5.15. The molecule has 1 spiro atoms. The number of benzene rings is 2. The van der Waals surface area contributed by atoms with Crippen molar-refractivity contribution in [1.29, 1.82) is 5.26 Å². The van der Waals surface area contributed by atoms with Gasteiger partial charge in [-0.1, -0.05) is 6.58 Å². The van der Waals surface area contributed by atoms with E-state index >= 15 is 0 Å². The summed E-state index contributed by atoms with van der Waals surface area (Å²) in [6.07, 6.45) is 2.02. The first-order chi connectivity index (χ1) is 15.4. The smallest absolute Gasteiger partial charge is 0.235 e. The summed E-state index contributed by atoms with van der Waals surface area (Å²) in [6, 6.07) is 10.9. The van der Waals surface area contributed by atoms with Gasteiger partial charge in [-0.25, -0.2) is 4.39 Å². The number of likely N-dealkylation sites (N-methyl/N-ethyl adjacent to an activating group) is 1. The van der Waals surface area contributed by atoms with Crippen LogP contribution in [0.4, 0.5) is 15.8 Å². The van der Waals surface area contributed by atoms with Gasteiger partial charge >= 0.3 is 0 Å². The minimum absolute atomic E-state index is 0.0265. The van der Waals surface area contributed by atoms with Crippen molar-refractivity contribution in [3.63, 3.8) is 0 Å². The van der Waals surface area contributed by atoms with Crippen molar-refractivity contribution in [2.75, 3.05) is 43.5 Å². The molecule has 0 saturated carbocycles. The molecule has 3 aliphatic heterocycles. The number of allylic oxidation sites excluding steroid dienone is 1. The van der Waals surface area contributed by atoms with E-state index in [-0.39, 0.29) is 11.7 Å². The van der Waals surface area contributed by atoms with Gasteiger partial charge in [0.1, 0.15) is 12.4 Å². The maximum Gasteiger partial charge on any atom is 0.235 e. The van der Waals surface area contributed by atoms with Gasteiger partial charge in [-0.2, -0.15) is 5.26 Å². The molecule has 3 aliphatic rings. The van der Waals surface area contributed by atoms with Crippen molar-refractivity contribution in [3.8, 4) is 11.8 Å². The molecule has 2 aromatic rings. The van der Waals surface area contributed by atoms with E-state index in [2.05, 4.69) is 22.9 Å². The lowest BCUT2D eigenvalue weighted by Crippen LogP contribution is -2.47. The van der Waals surface area contributed by atoms with Crippen molar-refractivity contribution in [1.82, 2.24) is 4.90 Å². The number of piperidine rings is 1. The summed E-state index contributed by atoms with van der Waals surface area (Å²) in [4.78, 5) is 16.9. The molecule has 164 valence electrons. The molecule has 1 saturated heterocycles. The van der Waals surface area contributed by atoms with Crippen LogP contribution in [0.2, 0.25) is 0 Å². The Morgan fingerprint density at radius 1 is 1.28 bits per heavy atom. The molecule has 1 fully saturated rings. The fourth-order valence-corrected chi connectivity index (χ4v) is 5.15. The molecule has 6 nitrogen and oxygen atoms in total. The van der Waals surface area contributed by atoms with Crippen LogP contribution < -0.4 is 15.0 Å². The predicted molar refractivity (Wildman–Crippen MR) is 120 cm³/mol. The van der Waals surface area contributed by atoms with E-state index in [1.54, 1.807) is 11.0 Å². The highest BCUT2D eigenvalue weighted by atomic mass is 19.1. The molecule has 0 bridgehead atoms. The third-order valence-electron chi connectivity index (χ3n) is 7.05. The molecule has 3 heterocycles. The third kappa shape index (κ3) is 3.23. The van der Waals surface area contributed by atoms with E-state index in [1.165, 1.54) is 6.07 Å². The maximum atomic E-state index is 14.5. The molecule has 0 aromatic heterocycles. The lowest BCUT2D eigenvalue weighted by Gasteiger charge is -2.38. The van der Waals surface area contributed by atoms with Gasteiger partial charge in [0.25, 0.3) is 0 Å². The van der Waals surface area contributed by atoms with Crippen molar-refractivity contribution in [2.45, 2.75) is 24.7 Å². The number of rotatable bonds is 4. The standard InChI is InChI=1S/C25H25FN4O2/c1-16-11-18-13-19(14-21(26)23(18)29(16)2)32-10-9-30-7-5-25(6-8-30)20-12-17(15-27)3-4-22(20)28-24(25)31/h3-4,12-14H,1,5-11H2,2H3,(H,28,31). The number of hydrogen-bond acceptors (Lipinski definition) is 5. The Kier molecular flexibility index (Phi) is 4.90. The number of halogens is 1. The molecule has 2 aromatic carbocycles. The predicted octanol–water partition coefficient (Wildman–Crippen LogP) is 3.57. The van der Waals surface area contributed by atoms with Crippen LogP contribution in [-0.2, 0) is 16.6 Å². The second-order valence-electron chi connectivity index (χ2n) is 8.81. The highest BCUT2D eigenvalue weighted by Gasteiger charge is 2.48. The van der Waals surface area contributed by atoms with Gasteiger partial charge in [-0.15, -0.1) is 0 Å². The van der Waals surface area contributed by atoms with Crippen LogP contribution >= 0.6 is 0 Å². The van der Waals surface area contributed by atoms with Crippen molar-refractivity contribution in [2.24, 2.45) is 0 Å². The molecule has 5 rings (SSSR count). The molecule has 0 atom stereocenters. The molecule has 0 radical (unpaired) electrons. The molecule has 0 unspecified atom stereocenters.